The van der Waals surface area contributed by atoms with Crippen LogP contribution in [0.15, 0.2) is 24.3 Å². The summed E-state index contributed by atoms with van der Waals surface area (Å²) >= 11 is 0. The number of carbonyl (C=O) groups is 2. The first kappa shape index (κ1) is 19.4. The van der Waals surface area contributed by atoms with Gasteiger partial charge in [-0.15, -0.1) is 0 Å². The molecule has 1 aliphatic rings. The van der Waals surface area contributed by atoms with Crippen molar-refractivity contribution in [1.82, 2.24) is 15.1 Å². The van der Waals surface area contributed by atoms with E-state index < -0.39 is 11.5 Å². The van der Waals surface area contributed by atoms with Gasteiger partial charge >= 0.3 is 0 Å². The van der Waals surface area contributed by atoms with E-state index in [0.29, 0.717) is 13.1 Å². The Kier molecular flexibility index (Phi) is 6.22. The Hall–Kier alpha value is -1.88. The van der Waals surface area contributed by atoms with Gasteiger partial charge in [-0.2, -0.15) is 0 Å². The highest BCUT2D eigenvalue weighted by molar-refractivity contribution is 5.89. The third kappa shape index (κ3) is 5.30. The number of hydrogen-bond acceptors (Lipinski definition) is 3. The summed E-state index contributed by atoms with van der Waals surface area (Å²) in [6, 6.07) is 7.95. The molecular weight excluding hydrogens is 314 g/mol. The third-order valence-corrected chi connectivity index (χ3v) is 4.74. The van der Waals surface area contributed by atoms with Crippen molar-refractivity contribution in [3.63, 3.8) is 0 Å². The number of rotatable bonds is 4. The highest BCUT2D eigenvalue weighted by Crippen LogP contribution is 2.15. The summed E-state index contributed by atoms with van der Waals surface area (Å²) in [6.45, 7) is 13.5. The molecule has 1 saturated heterocycles. The van der Waals surface area contributed by atoms with Crippen LogP contribution in [0.25, 0.3) is 0 Å². The molecule has 2 rings (SSSR count). The van der Waals surface area contributed by atoms with E-state index in [0.717, 1.165) is 19.6 Å². The van der Waals surface area contributed by atoms with Crippen LogP contribution in [0.3, 0.4) is 0 Å². The molecule has 0 saturated carbocycles. The monoisotopic (exact) mass is 345 g/mol. The quantitative estimate of drug-likeness (QED) is 0.910. The molecule has 0 aromatic heterocycles. The van der Waals surface area contributed by atoms with Crippen LogP contribution in [0, 0.1) is 12.3 Å². The molecule has 0 spiro atoms. The Labute approximate surface area is 151 Å². The fourth-order valence-electron chi connectivity index (χ4n) is 2.90. The number of nitrogens with zero attached hydrogens (tertiary/aromatic N) is 2. The predicted octanol–water partition coefficient (Wildman–Crippen LogP) is 2.19. The van der Waals surface area contributed by atoms with Crippen LogP contribution >= 0.6 is 0 Å². The Morgan fingerprint density at radius 1 is 1.12 bits per heavy atom. The SMILES string of the molecule is Cc1ccccc1CN1CCN(C(=O)C(C)NC(=O)C(C)(C)C)CC1. The van der Waals surface area contributed by atoms with E-state index >= 15 is 0 Å². The van der Waals surface area contributed by atoms with E-state index in [2.05, 4.69) is 41.4 Å². The predicted molar refractivity (Wildman–Crippen MR) is 100 cm³/mol. The Morgan fingerprint density at radius 2 is 1.72 bits per heavy atom. The van der Waals surface area contributed by atoms with Gasteiger partial charge in [-0.25, -0.2) is 0 Å². The second-order valence-electron chi connectivity index (χ2n) is 7.97. The molecule has 1 heterocycles. The van der Waals surface area contributed by atoms with Gasteiger partial charge in [-0.1, -0.05) is 45.0 Å². The lowest BCUT2D eigenvalue weighted by Crippen LogP contribution is -2.55. The molecule has 1 atom stereocenters. The number of amides is 2. The lowest BCUT2D eigenvalue weighted by Gasteiger charge is -2.36. The summed E-state index contributed by atoms with van der Waals surface area (Å²) in [5.74, 6) is -0.0836. The van der Waals surface area contributed by atoms with Gasteiger partial charge in [-0.3, -0.25) is 14.5 Å². The number of nitrogens with one attached hydrogen (secondary N) is 1. The highest BCUT2D eigenvalue weighted by Gasteiger charge is 2.29. The topological polar surface area (TPSA) is 52.6 Å². The number of piperazine rings is 1. The minimum atomic E-state index is -0.485. The number of hydrogen-bond donors (Lipinski definition) is 1. The molecule has 1 aliphatic heterocycles. The summed E-state index contributed by atoms with van der Waals surface area (Å²) in [6.07, 6.45) is 0. The average Bonchev–Trinajstić information content (AvgIpc) is 2.56. The lowest BCUT2D eigenvalue weighted by molar-refractivity contribution is -0.139. The molecule has 1 N–H and O–H groups in total. The van der Waals surface area contributed by atoms with E-state index in [1.807, 2.05) is 25.7 Å². The Bertz CT molecular complexity index is 614. The van der Waals surface area contributed by atoms with Gasteiger partial charge in [0.25, 0.3) is 0 Å². The molecule has 138 valence electrons. The van der Waals surface area contributed by atoms with E-state index in [-0.39, 0.29) is 11.8 Å². The maximum atomic E-state index is 12.6. The fraction of sp³-hybridized carbons (Fsp3) is 0.600. The van der Waals surface area contributed by atoms with Crippen molar-refractivity contribution < 1.29 is 9.59 Å². The Morgan fingerprint density at radius 3 is 2.28 bits per heavy atom. The van der Waals surface area contributed by atoms with Crippen LogP contribution < -0.4 is 5.32 Å². The van der Waals surface area contributed by atoms with E-state index in [1.54, 1.807) is 6.92 Å². The summed E-state index contributed by atoms with van der Waals surface area (Å²) in [5.41, 5.74) is 2.16. The Balaban J connectivity index is 1.84. The van der Waals surface area contributed by atoms with Crippen LogP contribution in [0.1, 0.15) is 38.8 Å². The molecule has 0 radical (unpaired) electrons. The van der Waals surface area contributed by atoms with Crippen LogP contribution in [-0.2, 0) is 16.1 Å². The van der Waals surface area contributed by atoms with Crippen molar-refractivity contribution in [2.75, 3.05) is 26.2 Å². The van der Waals surface area contributed by atoms with Gasteiger partial charge in [0, 0.05) is 38.1 Å². The molecular formula is C20H31N3O2. The first-order valence-electron chi connectivity index (χ1n) is 9.05. The molecule has 25 heavy (non-hydrogen) atoms. The first-order chi connectivity index (χ1) is 11.7. The van der Waals surface area contributed by atoms with Gasteiger partial charge in [0.15, 0.2) is 0 Å². The third-order valence-electron chi connectivity index (χ3n) is 4.74. The minimum absolute atomic E-state index is 0.00754. The second kappa shape index (κ2) is 8.00. The molecule has 0 aliphatic carbocycles. The van der Waals surface area contributed by atoms with Gasteiger partial charge < -0.3 is 10.2 Å². The number of aryl methyl sites for hydroxylation is 1. The van der Waals surface area contributed by atoms with Crippen molar-refractivity contribution in [2.24, 2.45) is 5.41 Å². The second-order valence-corrected chi connectivity index (χ2v) is 7.97. The normalized spacial score (nSPS) is 17.2. The molecule has 1 aromatic carbocycles. The summed E-state index contributed by atoms with van der Waals surface area (Å²) in [4.78, 5) is 28.9. The van der Waals surface area contributed by atoms with Crippen molar-refractivity contribution in [3.05, 3.63) is 35.4 Å². The van der Waals surface area contributed by atoms with E-state index in [4.69, 9.17) is 0 Å². The lowest BCUT2D eigenvalue weighted by atomic mass is 9.95. The van der Waals surface area contributed by atoms with Crippen molar-refractivity contribution in [1.29, 1.82) is 0 Å². The van der Waals surface area contributed by atoms with Gasteiger partial charge in [0.2, 0.25) is 11.8 Å². The molecule has 1 unspecified atom stereocenters. The summed E-state index contributed by atoms with van der Waals surface area (Å²) < 4.78 is 0. The average molecular weight is 345 g/mol. The maximum absolute atomic E-state index is 12.6. The van der Waals surface area contributed by atoms with Crippen molar-refractivity contribution >= 4 is 11.8 Å². The first-order valence-corrected chi connectivity index (χ1v) is 9.05. The zero-order valence-corrected chi connectivity index (χ0v) is 16.1. The summed E-state index contributed by atoms with van der Waals surface area (Å²) in [7, 11) is 0. The van der Waals surface area contributed by atoms with Crippen molar-refractivity contribution in [3.8, 4) is 0 Å². The standard InChI is InChI=1S/C20H31N3O2/c1-15-8-6-7-9-17(15)14-22-10-12-23(13-11-22)18(24)16(2)21-19(25)20(3,4)5/h6-9,16H,10-14H2,1-5H3,(H,21,25). The number of carbonyl (C=O) groups excluding carboxylic acids is 2. The molecule has 2 amide bonds. The van der Waals surface area contributed by atoms with Crippen LogP contribution in [0.2, 0.25) is 0 Å². The van der Waals surface area contributed by atoms with Crippen LogP contribution in [0.4, 0.5) is 0 Å². The number of benzene rings is 1. The highest BCUT2D eigenvalue weighted by atomic mass is 16.2. The van der Waals surface area contributed by atoms with Gasteiger partial charge in [0.05, 0.1) is 0 Å². The molecule has 5 heteroatoms. The van der Waals surface area contributed by atoms with E-state index in [9.17, 15) is 9.59 Å². The molecule has 5 nitrogen and oxygen atoms in total. The molecule has 1 aromatic rings. The van der Waals surface area contributed by atoms with Crippen LogP contribution in [0.5, 0.6) is 0 Å². The molecule has 1 fully saturated rings. The minimum Gasteiger partial charge on any atom is -0.344 e. The smallest absolute Gasteiger partial charge is 0.244 e. The van der Waals surface area contributed by atoms with Gasteiger partial charge in [0.1, 0.15) is 6.04 Å². The zero-order valence-electron chi connectivity index (χ0n) is 16.1. The zero-order chi connectivity index (χ0) is 18.6. The van der Waals surface area contributed by atoms with E-state index in [1.165, 1.54) is 11.1 Å². The largest absolute Gasteiger partial charge is 0.344 e. The van der Waals surface area contributed by atoms with Crippen LogP contribution in [-0.4, -0.2) is 53.8 Å². The molecule has 0 bridgehead atoms. The summed E-state index contributed by atoms with van der Waals surface area (Å²) in [5, 5.41) is 2.83. The maximum Gasteiger partial charge on any atom is 0.244 e. The van der Waals surface area contributed by atoms with Gasteiger partial charge in [-0.05, 0) is 25.0 Å². The van der Waals surface area contributed by atoms with Crippen molar-refractivity contribution in [2.45, 2.75) is 47.2 Å². The fourth-order valence-corrected chi connectivity index (χ4v) is 2.90.